The number of ether oxygens (including phenoxy) is 2. The third-order valence-corrected chi connectivity index (χ3v) is 8.37. The Morgan fingerprint density at radius 1 is 0.963 bits per heavy atom. The number of allylic oxidation sites excluding steroid dienone is 1. The first-order chi connectivity index (χ1) is 13.2. The average molecular weight is 380 g/mol. The molecule has 4 rings (SSSR count). The van der Waals surface area contributed by atoms with Gasteiger partial charge in [-0.25, -0.2) is 0 Å². The third-order valence-electron chi connectivity index (χ3n) is 5.41. The Morgan fingerprint density at radius 3 is 2.19 bits per heavy atom. The smallest absolute Gasteiger partial charge is 0.146 e. The van der Waals surface area contributed by atoms with Gasteiger partial charge in [-0.3, -0.25) is 0 Å². The molecular weight excluding hydrogens is 355 g/mol. The molecule has 1 saturated carbocycles. The molecule has 140 valence electrons. The van der Waals surface area contributed by atoms with Crippen LogP contribution in [0.15, 0.2) is 84.5 Å². The molecule has 2 aromatic carbocycles. The maximum atomic E-state index is 14.2. The Kier molecular flexibility index (Phi) is 5.45. The molecule has 0 aromatic heterocycles. The predicted octanol–water partition coefficient (Wildman–Crippen LogP) is 4.06. The van der Waals surface area contributed by atoms with Gasteiger partial charge in [0, 0.05) is 16.8 Å². The Bertz CT molecular complexity index is 830. The van der Waals surface area contributed by atoms with Crippen LogP contribution < -0.4 is 10.6 Å². The van der Waals surface area contributed by atoms with Crippen molar-refractivity contribution in [2.45, 2.75) is 25.0 Å². The van der Waals surface area contributed by atoms with Crippen LogP contribution in [0.2, 0.25) is 0 Å². The molecule has 2 aromatic rings. The molecule has 0 amide bonds. The summed E-state index contributed by atoms with van der Waals surface area (Å²) in [5, 5.41) is 1.76. The topological polar surface area (TPSA) is 35.5 Å². The SMILES string of the molecule is C=C1CCC2OCCOC2C1=CCP(=O)(c1ccccc1)c1ccccc1. The van der Waals surface area contributed by atoms with Gasteiger partial charge in [-0.1, -0.05) is 73.3 Å². The molecule has 1 heterocycles. The summed E-state index contributed by atoms with van der Waals surface area (Å²) in [5.41, 5.74) is 2.15. The molecule has 1 saturated heterocycles. The van der Waals surface area contributed by atoms with Crippen molar-refractivity contribution in [3.63, 3.8) is 0 Å². The fourth-order valence-electron chi connectivity index (χ4n) is 3.94. The van der Waals surface area contributed by atoms with E-state index in [0.29, 0.717) is 19.4 Å². The average Bonchev–Trinajstić information content (AvgIpc) is 2.74. The predicted molar refractivity (Wildman–Crippen MR) is 111 cm³/mol. The maximum absolute atomic E-state index is 14.2. The second kappa shape index (κ2) is 7.98. The van der Waals surface area contributed by atoms with E-state index in [9.17, 15) is 4.57 Å². The van der Waals surface area contributed by atoms with E-state index >= 15 is 0 Å². The highest BCUT2D eigenvalue weighted by Gasteiger charge is 2.35. The number of rotatable bonds is 4. The molecule has 3 nitrogen and oxygen atoms in total. The van der Waals surface area contributed by atoms with Crippen LogP contribution in [0, 0.1) is 0 Å². The van der Waals surface area contributed by atoms with Gasteiger partial charge >= 0.3 is 0 Å². The standard InChI is InChI=1S/C23H25O3P/c1-18-12-13-22-23(26-16-15-25-22)21(18)14-17-27(24,19-8-4-2-5-9-19)20-10-6-3-7-11-20/h2-11,14,22-23H,1,12-13,15-17H2. The van der Waals surface area contributed by atoms with Crippen LogP contribution in [0.25, 0.3) is 0 Å². The van der Waals surface area contributed by atoms with Gasteiger partial charge < -0.3 is 14.0 Å². The molecule has 0 N–H and O–H groups in total. The summed E-state index contributed by atoms with van der Waals surface area (Å²) in [7, 11) is -2.78. The minimum atomic E-state index is -2.78. The van der Waals surface area contributed by atoms with E-state index in [-0.39, 0.29) is 12.2 Å². The van der Waals surface area contributed by atoms with Gasteiger partial charge in [-0.05, 0) is 24.0 Å². The first-order valence-corrected chi connectivity index (χ1v) is 11.4. The van der Waals surface area contributed by atoms with Gasteiger partial charge in [-0.2, -0.15) is 0 Å². The largest absolute Gasteiger partial charge is 0.373 e. The van der Waals surface area contributed by atoms with Crippen LogP contribution in [0.5, 0.6) is 0 Å². The van der Waals surface area contributed by atoms with Crippen LogP contribution >= 0.6 is 7.14 Å². The normalized spacial score (nSPS) is 24.6. The quantitative estimate of drug-likeness (QED) is 0.751. The summed E-state index contributed by atoms with van der Waals surface area (Å²) >= 11 is 0. The van der Waals surface area contributed by atoms with Gasteiger partial charge in [0.05, 0.1) is 19.3 Å². The first-order valence-electron chi connectivity index (χ1n) is 9.50. The summed E-state index contributed by atoms with van der Waals surface area (Å²) < 4.78 is 26.1. The van der Waals surface area contributed by atoms with Crippen molar-refractivity contribution in [2.75, 3.05) is 19.4 Å². The second-order valence-corrected chi connectivity index (χ2v) is 9.97. The maximum Gasteiger partial charge on any atom is 0.146 e. The monoisotopic (exact) mass is 380 g/mol. The highest BCUT2D eigenvalue weighted by atomic mass is 31.2. The van der Waals surface area contributed by atoms with Crippen LogP contribution in [0.1, 0.15) is 12.8 Å². The zero-order valence-electron chi connectivity index (χ0n) is 15.4. The molecule has 2 fully saturated rings. The van der Waals surface area contributed by atoms with Crippen LogP contribution in [0.4, 0.5) is 0 Å². The molecule has 4 heteroatoms. The van der Waals surface area contributed by atoms with Gasteiger partial charge in [0.2, 0.25) is 0 Å². The van der Waals surface area contributed by atoms with Crippen molar-refractivity contribution in [1.29, 1.82) is 0 Å². The van der Waals surface area contributed by atoms with Crippen molar-refractivity contribution in [1.82, 2.24) is 0 Å². The van der Waals surface area contributed by atoms with Crippen molar-refractivity contribution >= 4 is 17.8 Å². The number of fused-ring (bicyclic) bond motifs is 1. The molecule has 0 radical (unpaired) electrons. The van der Waals surface area contributed by atoms with Crippen LogP contribution in [-0.2, 0) is 14.0 Å². The highest BCUT2D eigenvalue weighted by Crippen LogP contribution is 2.44. The van der Waals surface area contributed by atoms with Gasteiger partial charge in [0.25, 0.3) is 0 Å². The van der Waals surface area contributed by atoms with Crippen molar-refractivity contribution < 1.29 is 14.0 Å². The van der Waals surface area contributed by atoms with E-state index in [1.54, 1.807) is 0 Å². The first kappa shape index (κ1) is 18.4. The fraction of sp³-hybridized carbons (Fsp3) is 0.304. The Hall–Kier alpha value is -1.93. The van der Waals surface area contributed by atoms with Gasteiger partial charge in [0.1, 0.15) is 13.2 Å². The lowest BCUT2D eigenvalue weighted by Gasteiger charge is -2.38. The zero-order chi connectivity index (χ0) is 18.7. The van der Waals surface area contributed by atoms with Crippen molar-refractivity contribution in [2.24, 2.45) is 0 Å². The molecule has 1 aliphatic carbocycles. The molecule has 27 heavy (non-hydrogen) atoms. The molecule has 0 bridgehead atoms. The summed E-state index contributed by atoms with van der Waals surface area (Å²) in [6.45, 7) is 5.48. The summed E-state index contributed by atoms with van der Waals surface area (Å²) in [6.07, 6.45) is 4.40. The van der Waals surface area contributed by atoms with E-state index in [4.69, 9.17) is 9.47 Å². The molecule has 2 atom stereocenters. The van der Waals surface area contributed by atoms with Crippen LogP contribution in [0.3, 0.4) is 0 Å². The van der Waals surface area contributed by atoms with E-state index in [0.717, 1.165) is 34.6 Å². The highest BCUT2D eigenvalue weighted by molar-refractivity contribution is 7.78. The lowest BCUT2D eigenvalue weighted by molar-refractivity contribution is -0.130. The van der Waals surface area contributed by atoms with E-state index < -0.39 is 7.14 Å². The molecule has 2 aliphatic rings. The lowest BCUT2D eigenvalue weighted by atomic mass is 9.85. The van der Waals surface area contributed by atoms with Gasteiger partial charge in [-0.15, -0.1) is 0 Å². The van der Waals surface area contributed by atoms with Gasteiger partial charge in [0.15, 0.2) is 0 Å². The van der Waals surface area contributed by atoms with E-state index in [2.05, 4.69) is 12.7 Å². The Balaban J connectivity index is 1.71. The number of hydrogen-bond acceptors (Lipinski definition) is 3. The minimum Gasteiger partial charge on any atom is -0.373 e. The number of benzene rings is 2. The van der Waals surface area contributed by atoms with E-state index in [1.165, 1.54) is 0 Å². The number of hydrogen-bond donors (Lipinski definition) is 0. The fourth-order valence-corrected chi connectivity index (χ4v) is 6.42. The Morgan fingerprint density at radius 2 is 1.56 bits per heavy atom. The Labute approximate surface area is 161 Å². The van der Waals surface area contributed by atoms with E-state index in [1.807, 2.05) is 60.7 Å². The summed E-state index contributed by atoms with van der Waals surface area (Å²) in [4.78, 5) is 0. The lowest BCUT2D eigenvalue weighted by Crippen LogP contribution is -2.42. The molecular formula is C23H25O3P. The minimum absolute atomic E-state index is 0.0833. The summed E-state index contributed by atoms with van der Waals surface area (Å²) in [5.74, 6) is 0. The molecule has 0 spiro atoms. The molecule has 1 aliphatic heterocycles. The van der Waals surface area contributed by atoms with Crippen LogP contribution in [-0.4, -0.2) is 31.6 Å². The zero-order valence-corrected chi connectivity index (χ0v) is 16.3. The molecule has 2 unspecified atom stereocenters. The third kappa shape index (κ3) is 3.73. The van der Waals surface area contributed by atoms with Crippen molar-refractivity contribution in [3.05, 3.63) is 84.5 Å². The second-order valence-electron chi connectivity index (χ2n) is 7.10. The van der Waals surface area contributed by atoms with Crippen molar-refractivity contribution in [3.8, 4) is 0 Å². The summed E-state index contributed by atoms with van der Waals surface area (Å²) in [6, 6.07) is 19.6.